The molecule has 1 unspecified atom stereocenters. The summed E-state index contributed by atoms with van der Waals surface area (Å²) in [4.78, 5) is 34.6. The number of benzene rings is 2. The molecule has 0 spiro atoms. The lowest BCUT2D eigenvalue weighted by atomic mass is 10.1. The van der Waals surface area contributed by atoms with Crippen molar-refractivity contribution in [3.05, 3.63) is 69.8 Å². The summed E-state index contributed by atoms with van der Waals surface area (Å²) in [5, 5.41) is 16.1. The normalized spacial score (nSPS) is 16.5. The van der Waals surface area contributed by atoms with Crippen LogP contribution >= 0.6 is 0 Å². The van der Waals surface area contributed by atoms with Gasteiger partial charge >= 0.3 is 0 Å². The standard InChI is InChI=1S/C17H15N3O4/c21-16(12-5-8-13(9-6-12)20(23)24)19-15-10-7-11-3-1-2-4-14(11)18-17(15)22/h1-6,8-9,15H,7,10H2,(H,18,22)(H,19,21). The fraction of sp³-hybridized carbons (Fsp3) is 0.176. The Morgan fingerprint density at radius 2 is 1.88 bits per heavy atom. The quantitative estimate of drug-likeness (QED) is 0.667. The number of nitro benzene ring substituents is 1. The van der Waals surface area contributed by atoms with E-state index < -0.39 is 16.9 Å². The third-order valence-electron chi connectivity index (χ3n) is 3.94. The number of amides is 2. The van der Waals surface area contributed by atoms with Gasteiger partial charge in [-0.15, -0.1) is 0 Å². The first-order valence-electron chi connectivity index (χ1n) is 7.48. The van der Waals surface area contributed by atoms with Crippen LogP contribution in [0.3, 0.4) is 0 Å². The second kappa shape index (κ2) is 6.49. The zero-order chi connectivity index (χ0) is 17.1. The summed E-state index contributed by atoms with van der Waals surface area (Å²) in [6.07, 6.45) is 1.15. The van der Waals surface area contributed by atoms with Crippen molar-refractivity contribution in [2.75, 3.05) is 5.32 Å². The van der Waals surface area contributed by atoms with E-state index in [-0.39, 0.29) is 17.2 Å². The zero-order valence-electron chi connectivity index (χ0n) is 12.7. The molecule has 0 radical (unpaired) electrons. The highest BCUT2D eigenvalue weighted by atomic mass is 16.6. The Labute approximate surface area is 137 Å². The maximum Gasteiger partial charge on any atom is 0.269 e. The molecule has 2 aromatic rings. The maximum absolute atomic E-state index is 12.3. The third kappa shape index (κ3) is 3.24. The number of rotatable bonds is 3. The number of para-hydroxylation sites is 1. The van der Waals surface area contributed by atoms with Gasteiger partial charge in [-0.1, -0.05) is 18.2 Å². The molecule has 0 saturated carbocycles. The molecule has 2 amide bonds. The Morgan fingerprint density at radius 1 is 1.17 bits per heavy atom. The molecule has 122 valence electrons. The Balaban J connectivity index is 1.70. The second-order valence-corrected chi connectivity index (χ2v) is 5.52. The molecule has 0 bridgehead atoms. The van der Waals surface area contributed by atoms with Crippen molar-refractivity contribution in [2.45, 2.75) is 18.9 Å². The fourth-order valence-electron chi connectivity index (χ4n) is 2.62. The SMILES string of the molecule is O=C(NC1CCc2ccccc2NC1=O)c1ccc([N+](=O)[O-])cc1. The van der Waals surface area contributed by atoms with E-state index in [0.29, 0.717) is 12.8 Å². The van der Waals surface area contributed by atoms with Crippen LogP contribution in [0, 0.1) is 10.1 Å². The number of carbonyl (C=O) groups is 2. The van der Waals surface area contributed by atoms with Gasteiger partial charge in [0, 0.05) is 23.4 Å². The van der Waals surface area contributed by atoms with Gasteiger partial charge in [0.2, 0.25) is 5.91 Å². The van der Waals surface area contributed by atoms with Crippen molar-refractivity contribution >= 4 is 23.2 Å². The zero-order valence-corrected chi connectivity index (χ0v) is 12.7. The molecule has 3 rings (SSSR count). The molecule has 7 heteroatoms. The van der Waals surface area contributed by atoms with Crippen LogP contribution in [0.25, 0.3) is 0 Å². The number of nitro groups is 1. The number of aryl methyl sites for hydroxylation is 1. The van der Waals surface area contributed by atoms with Crippen LogP contribution in [0.5, 0.6) is 0 Å². The summed E-state index contributed by atoms with van der Waals surface area (Å²) >= 11 is 0. The lowest BCUT2D eigenvalue weighted by Crippen LogP contribution is -2.43. The van der Waals surface area contributed by atoms with Gasteiger partial charge in [0.15, 0.2) is 0 Å². The summed E-state index contributed by atoms with van der Waals surface area (Å²) in [6, 6.07) is 12.1. The van der Waals surface area contributed by atoms with E-state index >= 15 is 0 Å². The Morgan fingerprint density at radius 3 is 2.58 bits per heavy atom. The van der Waals surface area contributed by atoms with Crippen LogP contribution in [-0.2, 0) is 11.2 Å². The molecule has 24 heavy (non-hydrogen) atoms. The van der Waals surface area contributed by atoms with Gasteiger partial charge in [0.1, 0.15) is 6.04 Å². The lowest BCUT2D eigenvalue weighted by Gasteiger charge is -2.15. The Hall–Kier alpha value is -3.22. The molecule has 0 fully saturated rings. The number of nitrogens with one attached hydrogen (secondary N) is 2. The van der Waals surface area contributed by atoms with Crippen molar-refractivity contribution < 1.29 is 14.5 Å². The second-order valence-electron chi connectivity index (χ2n) is 5.52. The Kier molecular flexibility index (Phi) is 4.24. The summed E-state index contributed by atoms with van der Waals surface area (Å²) in [5.41, 5.74) is 1.97. The average Bonchev–Trinajstić information content (AvgIpc) is 2.74. The number of hydrogen-bond acceptors (Lipinski definition) is 4. The molecule has 1 aliphatic heterocycles. The number of hydrogen-bond donors (Lipinski definition) is 2. The summed E-state index contributed by atoms with van der Waals surface area (Å²) in [7, 11) is 0. The van der Waals surface area contributed by atoms with Crippen LogP contribution in [0.4, 0.5) is 11.4 Å². The van der Waals surface area contributed by atoms with Gasteiger partial charge in [-0.3, -0.25) is 19.7 Å². The van der Waals surface area contributed by atoms with E-state index in [4.69, 9.17) is 0 Å². The molecular formula is C17H15N3O4. The topological polar surface area (TPSA) is 101 Å². The smallest absolute Gasteiger partial charge is 0.269 e. The largest absolute Gasteiger partial charge is 0.340 e. The van der Waals surface area contributed by atoms with E-state index in [1.54, 1.807) is 0 Å². The third-order valence-corrected chi connectivity index (χ3v) is 3.94. The lowest BCUT2D eigenvalue weighted by molar-refractivity contribution is -0.384. The predicted octanol–water partition coefficient (Wildman–Crippen LogP) is 2.28. The molecule has 1 aliphatic rings. The number of fused-ring (bicyclic) bond motifs is 1. The minimum Gasteiger partial charge on any atom is -0.340 e. The minimum atomic E-state index is -0.653. The first-order chi connectivity index (χ1) is 11.5. The molecule has 0 saturated heterocycles. The van der Waals surface area contributed by atoms with Gasteiger partial charge in [0.05, 0.1) is 4.92 Å². The van der Waals surface area contributed by atoms with Crippen molar-refractivity contribution in [2.24, 2.45) is 0 Å². The highest BCUT2D eigenvalue weighted by molar-refractivity contribution is 6.01. The van der Waals surface area contributed by atoms with Gasteiger partial charge in [-0.05, 0) is 36.6 Å². The molecule has 2 N–H and O–H groups in total. The van der Waals surface area contributed by atoms with Gasteiger partial charge in [-0.25, -0.2) is 0 Å². The van der Waals surface area contributed by atoms with Crippen molar-refractivity contribution in [3.63, 3.8) is 0 Å². The van der Waals surface area contributed by atoms with Gasteiger partial charge in [0.25, 0.3) is 11.6 Å². The van der Waals surface area contributed by atoms with E-state index in [2.05, 4.69) is 10.6 Å². The Bertz CT molecular complexity index is 802. The molecule has 0 aliphatic carbocycles. The predicted molar refractivity (Wildman–Crippen MR) is 87.7 cm³/mol. The maximum atomic E-state index is 12.3. The van der Waals surface area contributed by atoms with E-state index in [1.807, 2.05) is 24.3 Å². The van der Waals surface area contributed by atoms with E-state index in [9.17, 15) is 19.7 Å². The van der Waals surface area contributed by atoms with Crippen LogP contribution in [0.1, 0.15) is 22.3 Å². The van der Waals surface area contributed by atoms with E-state index in [0.717, 1.165) is 11.3 Å². The monoisotopic (exact) mass is 325 g/mol. The number of anilines is 1. The molecular weight excluding hydrogens is 310 g/mol. The molecule has 7 nitrogen and oxygen atoms in total. The van der Waals surface area contributed by atoms with Crippen LogP contribution < -0.4 is 10.6 Å². The van der Waals surface area contributed by atoms with Crippen molar-refractivity contribution in [1.82, 2.24) is 5.32 Å². The summed E-state index contributed by atoms with van der Waals surface area (Å²) < 4.78 is 0. The molecule has 1 heterocycles. The first kappa shape index (κ1) is 15.7. The number of nitrogens with zero attached hydrogens (tertiary/aromatic N) is 1. The molecule has 1 atom stereocenters. The average molecular weight is 325 g/mol. The molecule has 0 aromatic heterocycles. The van der Waals surface area contributed by atoms with Crippen LogP contribution in [-0.4, -0.2) is 22.8 Å². The highest BCUT2D eigenvalue weighted by Gasteiger charge is 2.25. The van der Waals surface area contributed by atoms with Gasteiger partial charge < -0.3 is 10.6 Å². The van der Waals surface area contributed by atoms with Crippen LogP contribution in [0.15, 0.2) is 48.5 Å². The minimum absolute atomic E-state index is 0.0887. The number of carbonyl (C=O) groups excluding carboxylic acids is 2. The van der Waals surface area contributed by atoms with Gasteiger partial charge in [-0.2, -0.15) is 0 Å². The summed E-state index contributed by atoms with van der Waals surface area (Å²) in [6.45, 7) is 0. The van der Waals surface area contributed by atoms with Crippen LogP contribution in [0.2, 0.25) is 0 Å². The first-order valence-corrected chi connectivity index (χ1v) is 7.48. The summed E-state index contributed by atoms with van der Waals surface area (Å²) in [5.74, 6) is -0.703. The van der Waals surface area contributed by atoms with Crippen molar-refractivity contribution in [1.29, 1.82) is 0 Å². The highest BCUT2D eigenvalue weighted by Crippen LogP contribution is 2.21. The van der Waals surface area contributed by atoms with E-state index in [1.165, 1.54) is 24.3 Å². The van der Waals surface area contributed by atoms with Crippen molar-refractivity contribution in [3.8, 4) is 0 Å². The molecule has 2 aromatic carbocycles. The number of non-ortho nitro benzene ring substituents is 1. The fourth-order valence-corrected chi connectivity index (χ4v) is 2.62.